The molecule has 5 nitrogen and oxygen atoms in total. The van der Waals surface area contributed by atoms with Crippen molar-refractivity contribution in [2.45, 2.75) is 39.8 Å². The fourth-order valence-electron chi connectivity index (χ4n) is 1.90. The number of aryl methyl sites for hydroxylation is 1. The van der Waals surface area contributed by atoms with Crippen LogP contribution in [0.1, 0.15) is 27.2 Å². The van der Waals surface area contributed by atoms with Gasteiger partial charge in [0.15, 0.2) is 0 Å². The molecular formula is C13H24N4O. The Labute approximate surface area is 109 Å². The second-order valence-corrected chi connectivity index (χ2v) is 4.34. The summed E-state index contributed by atoms with van der Waals surface area (Å²) in [7, 11) is 0. The van der Waals surface area contributed by atoms with Crippen molar-refractivity contribution in [2.24, 2.45) is 0 Å². The highest BCUT2D eigenvalue weighted by Crippen LogP contribution is 1.96. The zero-order valence-electron chi connectivity index (χ0n) is 11.6. The third kappa shape index (κ3) is 4.49. The van der Waals surface area contributed by atoms with Gasteiger partial charge in [0, 0.05) is 32.0 Å². The summed E-state index contributed by atoms with van der Waals surface area (Å²) in [5, 5.41) is 3.27. The molecule has 0 saturated heterocycles. The Morgan fingerprint density at radius 1 is 1.44 bits per heavy atom. The smallest absolute Gasteiger partial charge is 0.239 e. The number of likely N-dealkylation sites (N-methyl/N-ethyl adjacent to an activating group) is 1. The van der Waals surface area contributed by atoms with Crippen molar-refractivity contribution in [3.05, 3.63) is 18.7 Å². The average Bonchev–Trinajstić information content (AvgIpc) is 2.88. The van der Waals surface area contributed by atoms with E-state index < -0.39 is 0 Å². The van der Waals surface area contributed by atoms with Crippen LogP contribution in [0.3, 0.4) is 0 Å². The molecule has 0 spiro atoms. The highest BCUT2D eigenvalue weighted by atomic mass is 16.2. The first-order valence-electron chi connectivity index (χ1n) is 6.67. The predicted octanol–water partition coefficient (Wildman–Crippen LogP) is 1.12. The van der Waals surface area contributed by atoms with Gasteiger partial charge >= 0.3 is 0 Å². The van der Waals surface area contributed by atoms with E-state index in [-0.39, 0.29) is 11.9 Å². The minimum atomic E-state index is -0.104. The topological polar surface area (TPSA) is 50.2 Å². The van der Waals surface area contributed by atoms with Crippen molar-refractivity contribution in [3.63, 3.8) is 0 Å². The molecule has 102 valence electrons. The Morgan fingerprint density at radius 2 is 2.17 bits per heavy atom. The number of imidazole rings is 1. The lowest BCUT2D eigenvalue weighted by Crippen LogP contribution is -2.45. The molecule has 1 aromatic heterocycles. The Kier molecular flexibility index (Phi) is 6.43. The van der Waals surface area contributed by atoms with Gasteiger partial charge in [0.2, 0.25) is 5.91 Å². The molecule has 1 aromatic rings. The number of nitrogens with one attached hydrogen (secondary N) is 1. The summed E-state index contributed by atoms with van der Waals surface area (Å²) in [6.07, 6.45) is 6.53. The number of amides is 1. The number of carbonyl (C=O) groups excluding carboxylic acids is 1. The number of rotatable bonds is 8. The third-order valence-corrected chi connectivity index (χ3v) is 3.05. The first-order chi connectivity index (χ1) is 8.69. The maximum absolute atomic E-state index is 12.0. The van der Waals surface area contributed by atoms with Gasteiger partial charge in [0.05, 0.1) is 12.4 Å². The van der Waals surface area contributed by atoms with E-state index in [1.54, 1.807) is 6.20 Å². The van der Waals surface area contributed by atoms with Crippen LogP contribution in [0.15, 0.2) is 18.7 Å². The molecule has 0 radical (unpaired) electrons. The van der Waals surface area contributed by atoms with Crippen LogP contribution in [-0.2, 0) is 11.3 Å². The maximum atomic E-state index is 12.0. The Hall–Kier alpha value is -1.36. The molecule has 1 N–H and O–H groups in total. The van der Waals surface area contributed by atoms with Gasteiger partial charge in [-0.3, -0.25) is 4.79 Å². The standard InChI is InChI=1S/C13H24N4O/c1-4-17(5-2)13(18)12(3)15-7-6-9-16-10-8-14-11-16/h8,10-12,15H,4-7,9H2,1-3H3. The third-order valence-electron chi connectivity index (χ3n) is 3.05. The lowest BCUT2D eigenvalue weighted by Gasteiger charge is -2.23. The van der Waals surface area contributed by atoms with E-state index in [9.17, 15) is 4.79 Å². The number of nitrogens with zero attached hydrogens (tertiary/aromatic N) is 3. The Balaban J connectivity index is 2.20. The van der Waals surface area contributed by atoms with Crippen molar-refractivity contribution in [2.75, 3.05) is 19.6 Å². The Morgan fingerprint density at radius 3 is 2.72 bits per heavy atom. The van der Waals surface area contributed by atoms with Crippen molar-refractivity contribution >= 4 is 5.91 Å². The molecule has 0 fully saturated rings. The van der Waals surface area contributed by atoms with Crippen LogP contribution in [0, 0.1) is 0 Å². The van der Waals surface area contributed by atoms with Crippen LogP contribution in [-0.4, -0.2) is 46.0 Å². The normalized spacial score (nSPS) is 12.4. The minimum Gasteiger partial charge on any atom is -0.342 e. The van der Waals surface area contributed by atoms with Crippen molar-refractivity contribution in [1.82, 2.24) is 19.8 Å². The van der Waals surface area contributed by atoms with Gasteiger partial charge in [-0.1, -0.05) is 0 Å². The van der Waals surface area contributed by atoms with E-state index in [2.05, 4.69) is 10.3 Å². The first kappa shape index (κ1) is 14.7. The molecule has 1 heterocycles. The summed E-state index contributed by atoms with van der Waals surface area (Å²) in [6, 6.07) is -0.104. The molecule has 0 saturated carbocycles. The van der Waals surface area contributed by atoms with Gasteiger partial charge in [-0.05, 0) is 33.7 Å². The fraction of sp³-hybridized carbons (Fsp3) is 0.692. The Bertz CT molecular complexity index is 333. The second-order valence-electron chi connectivity index (χ2n) is 4.34. The van der Waals surface area contributed by atoms with Crippen molar-refractivity contribution < 1.29 is 4.79 Å². The van der Waals surface area contributed by atoms with E-state index >= 15 is 0 Å². The number of hydrogen-bond donors (Lipinski definition) is 1. The van der Waals surface area contributed by atoms with Gasteiger partial charge in [-0.25, -0.2) is 4.98 Å². The van der Waals surface area contributed by atoms with E-state index in [0.29, 0.717) is 0 Å². The van der Waals surface area contributed by atoms with E-state index in [1.165, 1.54) is 0 Å². The monoisotopic (exact) mass is 252 g/mol. The zero-order valence-corrected chi connectivity index (χ0v) is 11.6. The second kappa shape index (κ2) is 7.87. The van der Waals surface area contributed by atoms with Crippen LogP contribution >= 0.6 is 0 Å². The molecular weight excluding hydrogens is 228 g/mol. The quantitative estimate of drug-likeness (QED) is 0.705. The van der Waals surface area contributed by atoms with Crippen LogP contribution in [0.5, 0.6) is 0 Å². The van der Waals surface area contributed by atoms with Gasteiger partial charge in [0.1, 0.15) is 0 Å². The summed E-state index contributed by atoms with van der Waals surface area (Å²) in [5.41, 5.74) is 0. The largest absolute Gasteiger partial charge is 0.342 e. The first-order valence-corrected chi connectivity index (χ1v) is 6.67. The van der Waals surface area contributed by atoms with E-state index in [4.69, 9.17) is 0 Å². The number of aromatic nitrogens is 2. The molecule has 0 aliphatic heterocycles. The molecule has 1 atom stereocenters. The van der Waals surface area contributed by atoms with Crippen LogP contribution < -0.4 is 5.32 Å². The lowest BCUT2D eigenvalue weighted by atomic mass is 10.2. The van der Waals surface area contributed by atoms with Gasteiger partial charge in [-0.15, -0.1) is 0 Å². The van der Waals surface area contributed by atoms with Crippen molar-refractivity contribution in [3.8, 4) is 0 Å². The lowest BCUT2D eigenvalue weighted by molar-refractivity contribution is -0.132. The fourth-order valence-corrected chi connectivity index (χ4v) is 1.90. The predicted molar refractivity (Wildman–Crippen MR) is 72.2 cm³/mol. The molecule has 1 unspecified atom stereocenters. The van der Waals surface area contributed by atoms with Crippen LogP contribution in [0.4, 0.5) is 0 Å². The SMILES string of the molecule is CCN(CC)C(=O)C(C)NCCCn1ccnc1. The molecule has 1 rings (SSSR count). The molecule has 5 heteroatoms. The molecule has 18 heavy (non-hydrogen) atoms. The van der Waals surface area contributed by atoms with E-state index in [0.717, 1.165) is 32.6 Å². The summed E-state index contributed by atoms with van der Waals surface area (Å²) >= 11 is 0. The van der Waals surface area contributed by atoms with Gasteiger partial charge in [0.25, 0.3) is 0 Å². The molecule has 0 aromatic carbocycles. The highest BCUT2D eigenvalue weighted by molar-refractivity contribution is 5.81. The zero-order chi connectivity index (χ0) is 13.4. The van der Waals surface area contributed by atoms with Crippen LogP contribution in [0.2, 0.25) is 0 Å². The molecule has 1 amide bonds. The van der Waals surface area contributed by atoms with Crippen molar-refractivity contribution in [1.29, 1.82) is 0 Å². The van der Waals surface area contributed by atoms with E-state index in [1.807, 2.05) is 42.8 Å². The average molecular weight is 252 g/mol. The summed E-state index contributed by atoms with van der Waals surface area (Å²) in [4.78, 5) is 17.8. The summed E-state index contributed by atoms with van der Waals surface area (Å²) in [5.74, 6) is 0.183. The molecule has 0 aliphatic carbocycles. The number of carbonyl (C=O) groups is 1. The molecule has 0 bridgehead atoms. The minimum absolute atomic E-state index is 0.104. The molecule has 0 aliphatic rings. The van der Waals surface area contributed by atoms with Gasteiger partial charge in [-0.2, -0.15) is 0 Å². The number of hydrogen-bond acceptors (Lipinski definition) is 3. The maximum Gasteiger partial charge on any atom is 0.239 e. The van der Waals surface area contributed by atoms with Gasteiger partial charge < -0.3 is 14.8 Å². The van der Waals surface area contributed by atoms with Crippen LogP contribution in [0.25, 0.3) is 0 Å². The highest BCUT2D eigenvalue weighted by Gasteiger charge is 2.16. The summed E-state index contributed by atoms with van der Waals surface area (Å²) < 4.78 is 2.04. The summed E-state index contributed by atoms with van der Waals surface area (Å²) in [6.45, 7) is 9.26.